The van der Waals surface area contributed by atoms with Crippen molar-refractivity contribution >= 4 is 29.4 Å². The lowest BCUT2D eigenvalue weighted by atomic mass is 10.1. The van der Waals surface area contributed by atoms with Gasteiger partial charge in [-0.1, -0.05) is 30.7 Å². The number of rotatable bonds is 7. The van der Waals surface area contributed by atoms with Gasteiger partial charge in [-0.2, -0.15) is 4.98 Å². The first-order valence-corrected chi connectivity index (χ1v) is 9.81. The van der Waals surface area contributed by atoms with Gasteiger partial charge in [0.1, 0.15) is 5.82 Å². The second-order valence-corrected chi connectivity index (χ2v) is 7.11. The number of allylic oxidation sites excluding steroid dienone is 2. The highest BCUT2D eigenvalue weighted by atomic mass is 15.3. The maximum atomic E-state index is 7.46. The van der Waals surface area contributed by atoms with E-state index in [1.807, 2.05) is 25.1 Å². The number of anilines is 4. The van der Waals surface area contributed by atoms with E-state index in [2.05, 4.69) is 47.3 Å². The lowest BCUT2D eigenvalue weighted by Gasteiger charge is -2.17. The zero-order chi connectivity index (χ0) is 20.8. The molecule has 6 heteroatoms. The molecule has 0 saturated carbocycles. The van der Waals surface area contributed by atoms with Crippen LogP contribution in [0, 0.1) is 5.41 Å². The van der Waals surface area contributed by atoms with Crippen molar-refractivity contribution in [2.24, 2.45) is 0 Å². The van der Waals surface area contributed by atoms with Crippen LogP contribution in [0.15, 0.2) is 65.4 Å². The van der Waals surface area contributed by atoms with Gasteiger partial charge >= 0.3 is 0 Å². The fourth-order valence-electron chi connectivity index (χ4n) is 3.21. The van der Waals surface area contributed by atoms with E-state index in [0.717, 1.165) is 25.2 Å². The minimum absolute atomic E-state index is 0.580. The van der Waals surface area contributed by atoms with E-state index in [-0.39, 0.29) is 0 Å². The Morgan fingerprint density at radius 3 is 2.79 bits per heavy atom. The molecular weight excluding hydrogens is 360 g/mol. The Bertz CT molecular complexity index is 987. The molecule has 1 aromatic carbocycles. The molecule has 0 saturated heterocycles. The molecule has 0 radical (unpaired) electrons. The summed E-state index contributed by atoms with van der Waals surface area (Å²) in [6, 6.07) is 7.33. The Morgan fingerprint density at radius 2 is 2.07 bits per heavy atom. The molecule has 0 bridgehead atoms. The molecule has 0 amide bonds. The van der Waals surface area contributed by atoms with Gasteiger partial charge < -0.3 is 21.4 Å². The van der Waals surface area contributed by atoms with Gasteiger partial charge in [0.2, 0.25) is 5.95 Å². The van der Waals surface area contributed by atoms with E-state index in [1.54, 1.807) is 12.3 Å². The van der Waals surface area contributed by atoms with Crippen molar-refractivity contribution < 1.29 is 0 Å². The number of nitrogen functional groups attached to an aromatic ring is 1. The normalized spacial score (nSPS) is 14.7. The fourth-order valence-corrected chi connectivity index (χ4v) is 3.21. The van der Waals surface area contributed by atoms with E-state index < -0.39 is 0 Å². The summed E-state index contributed by atoms with van der Waals surface area (Å²) in [5.74, 6) is 1.40. The summed E-state index contributed by atoms with van der Waals surface area (Å²) in [5, 5.41) is 10.7. The molecule has 150 valence electrons. The van der Waals surface area contributed by atoms with Crippen molar-refractivity contribution in [1.29, 1.82) is 5.41 Å². The largest absolute Gasteiger partial charge is 0.398 e. The number of benzene rings is 1. The van der Waals surface area contributed by atoms with Crippen molar-refractivity contribution in [2.75, 3.05) is 29.0 Å². The van der Waals surface area contributed by atoms with Crippen LogP contribution < -0.4 is 16.0 Å². The second-order valence-electron chi connectivity index (χ2n) is 7.11. The summed E-state index contributed by atoms with van der Waals surface area (Å²) >= 11 is 0. The number of hydrogen-bond donors (Lipinski definition) is 3. The Labute approximate surface area is 172 Å². The van der Waals surface area contributed by atoms with Gasteiger partial charge in [0.05, 0.1) is 0 Å². The SMILES string of the molecule is C/C=C\C1=C(/C=C(\C)CC)CN(c2nccc(Nc3ccc(N)c(C=N)c3)n2)C1. The highest BCUT2D eigenvalue weighted by Gasteiger charge is 2.21. The van der Waals surface area contributed by atoms with E-state index in [1.165, 1.54) is 22.9 Å². The highest BCUT2D eigenvalue weighted by Crippen LogP contribution is 2.26. The van der Waals surface area contributed by atoms with Gasteiger partial charge in [0.25, 0.3) is 0 Å². The van der Waals surface area contributed by atoms with Crippen molar-refractivity contribution in [1.82, 2.24) is 9.97 Å². The standard InChI is InChI=1S/C23H28N6/c1-4-6-17-14-29(15-19(17)11-16(3)5-2)23-26-10-9-22(28-23)27-20-7-8-21(25)18(12-20)13-24/h4,6-13,24H,5,14-15,25H2,1-3H3,(H,26,27,28)/b6-4-,16-11+,24-13?. The first-order valence-electron chi connectivity index (χ1n) is 9.81. The summed E-state index contributed by atoms with van der Waals surface area (Å²) in [5.41, 5.74) is 11.9. The molecule has 4 N–H and O–H groups in total. The summed E-state index contributed by atoms with van der Waals surface area (Å²) < 4.78 is 0. The summed E-state index contributed by atoms with van der Waals surface area (Å²) in [6.45, 7) is 7.96. The van der Waals surface area contributed by atoms with Gasteiger partial charge in [-0.15, -0.1) is 0 Å². The Hall–Kier alpha value is -3.41. The smallest absolute Gasteiger partial charge is 0.227 e. The fraction of sp³-hybridized carbons (Fsp3) is 0.261. The highest BCUT2D eigenvalue weighted by molar-refractivity contribution is 5.87. The maximum Gasteiger partial charge on any atom is 0.227 e. The first kappa shape index (κ1) is 20.3. The quantitative estimate of drug-likeness (QED) is 0.466. The van der Waals surface area contributed by atoms with Crippen molar-refractivity contribution in [2.45, 2.75) is 27.2 Å². The zero-order valence-corrected chi connectivity index (χ0v) is 17.2. The minimum atomic E-state index is 0.580. The van der Waals surface area contributed by atoms with Crippen LogP contribution in [0.4, 0.5) is 23.1 Å². The molecule has 2 aromatic rings. The topological polar surface area (TPSA) is 90.9 Å². The molecule has 2 heterocycles. The molecular formula is C23H28N6. The predicted octanol–water partition coefficient (Wildman–Crippen LogP) is 4.85. The molecule has 3 rings (SSSR count). The van der Waals surface area contributed by atoms with Crippen LogP contribution in [0.5, 0.6) is 0 Å². The van der Waals surface area contributed by atoms with Gasteiger partial charge in [-0.3, -0.25) is 0 Å². The molecule has 6 nitrogen and oxygen atoms in total. The van der Waals surface area contributed by atoms with E-state index in [0.29, 0.717) is 23.0 Å². The number of nitrogens with zero attached hydrogens (tertiary/aromatic N) is 3. The molecule has 0 fully saturated rings. The molecule has 1 aromatic heterocycles. The van der Waals surface area contributed by atoms with E-state index in [9.17, 15) is 0 Å². The third-order valence-electron chi connectivity index (χ3n) is 4.92. The zero-order valence-electron chi connectivity index (χ0n) is 17.2. The van der Waals surface area contributed by atoms with Crippen LogP contribution >= 0.6 is 0 Å². The van der Waals surface area contributed by atoms with Gasteiger partial charge in [-0.05, 0) is 55.7 Å². The average molecular weight is 389 g/mol. The van der Waals surface area contributed by atoms with Crippen molar-refractivity contribution in [3.8, 4) is 0 Å². The monoisotopic (exact) mass is 388 g/mol. The first-order chi connectivity index (χ1) is 14.0. The lowest BCUT2D eigenvalue weighted by Crippen LogP contribution is -2.23. The average Bonchev–Trinajstić information content (AvgIpc) is 3.12. The Morgan fingerprint density at radius 1 is 1.28 bits per heavy atom. The molecule has 0 aliphatic carbocycles. The number of hydrogen-bond acceptors (Lipinski definition) is 6. The molecule has 0 spiro atoms. The third kappa shape index (κ3) is 4.90. The van der Waals surface area contributed by atoms with Crippen LogP contribution in [-0.2, 0) is 0 Å². The number of nitrogens with one attached hydrogen (secondary N) is 2. The molecule has 1 aliphatic rings. The molecule has 29 heavy (non-hydrogen) atoms. The van der Waals surface area contributed by atoms with Gasteiger partial charge in [-0.25, -0.2) is 4.98 Å². The van der Waals surface area contributed by atoms with Crippen LogP contribution in [0.25, 0.3) is 0 Å². The number of aromatic nitrogens is 2. The van der Waals surface area contributed by atoms with Crippen LogP contribution in [0.1, 0.15) is 32.8 Å². The van der Waals surface area contributed by atoms with Crippen molar-refractivity contribution in [3.63, 3.8) is 0 Å². The molecule has 0 atom stereocenters. The second kappa shape index (κ2) is 9.19. The maximum absolute atomic E-state index is 7.46. The summed E-state index contributed by atoms with van der Waals surface area (Å²) in [6.07, 6.45) is 10.6. The summed E-state index contributed by atoms with van der Waals surface area (Å²) in [7, 11) is 0. The predicted molar refractivity (Wildman–Crippen MR) is 122 cm³/mol. The van der Waals surface area contributed by atoms with Crippen LogP contribution in [0.3, 0.4) is 0 Å². The van der Waals surface area contributed by atoms with E-state index >= 15 is 0 Å². The Balaban J connectivity index is 1.80. The molecule has 1 aliphatic heterocycles. The minimum Gasteiger partial charge on any atom is -0.398 e. The lowest BCUT2D eigenvalue weighted by molar-refractivity contribution is 0.911. The van der Waals surface area contributed by atoms with Gasteiger partial charge in [0, 0.05) is 42.4 Å². The third-order valence-corrected chi connectivity index (χ3v) is 4.92. The Kier molecular flexibility index (Phi) is 6.44. The van der Waals surface area contributed by atoms with E-state index in [4.69, 9.17) is 16.1 Å². The molecule has 0 unspecified atom stereocenters. The van der Waals surface area contributed by atoms with Crippen molar-refractivity contribution in [3.05, 3.63) is 71.0 Å². The summed E-state index contributed by atoms with van der Waals surface area (Å²) in [4.78, 5) is 11.4. The number of nitrogens with two attached hydrogens (primary N) is 1. The van der Waals surface area contributed by atoms with Crippen LogP contribution in [-0.4, -0.2) is 29.3 Å². The van der Waals surface area contributed by atoms with Crippen LogP contribution in [0.2, 0.25) is 0 Å². The van der Waals surface area contributed by atoms with Gasteiger partial charge in [0.15, 0.2) is 0 Å².